The van der Waals surface area contributed by atoms with E-state index in [2.05, 4.69) is 15.3 Å². The van der Waals surface area contributed by atoms with E-state index >= 15 is 0 Å². The molecule has 0 aliphatic rings. The third-order valence-corrected chi connectivity index (χ3v) is 3.14. The normalized spacial score (nSPS) is 10.3. The number of benzene rings is 1. The summed E-state index contributed by atoms with van der Waals surface area (Å²) in [7, 11) is 0. The summed E-state index contributed by atoms with van der Waals surface area (Å²) in [5.41, 5.74) is 1.56. The Bertz CT molecular complexity index is 517. The fourth-order valence-electron chi connectivity index (χ4n) is 1.23. The maximum absolute atomic E-state index is 6.05. The van der Waals surface area contributed by atoms with E-state index in [9.17, 15) is 0 Å². The van der Waals surface area contributed by atoms with Crippen LogP contribution in [0.25, 0.3) is 0 Å². The van der Waals surface area contributed by atoms with Crippen molar-refractivity contribution in [2.75, 3.05) is 11.6 Å². The minimum absolute atomic E-state index is 0.562. The number of halogens is 2. The molecule has 0 saturated heterocycles. The lowest BCUT2D eigenvalue weighted by molar-refractivity contribution is 0.973. The van der Waals surface area contributed by atoms with Crippen LogP contribution in [0.2, 0.25) is 10.0 Å². The minimum atomic E-state index is 0.562. The molecule has 0 unspecified atom stereocenters. The topological polar surface area (TPSA) is 37.8 Å². The Balaban J connectivity index is 2.19. The highest BCUT2D eigenvalue weighted by molar-refractivity contribution is 7.98. The number of hydrogen-bond donors (Lipinski definition) is 1. The second kappa shape index (κ2) is 5.58. The molecule has 0 aliphatic carbocycles. The quantitative estimate of drug-likeness (QED) is 0.676. The molecule has 1 aromatic carbocycles. The zero-order chi connectivity index (χ0) is 12.3. The van der Waals surface area contributed by atoms with Gasteiger partial charge in [0.1, 0.15) is 0 Å². The van der Waals surface area contributed by atoms with Gasteiger partial charge in [-0.1, -0.05) is 35.0 Å². The van der Waals surface area contributed by atoms with Gasteiger partial charge in [-0.3, -0.25) is 0 Å². The van der Waals surface area contributed by atoms with Crippen molar-refractivity contribution in [2.24, 2.45) is 0 Å². The summed E-state index contributed by atoms with van der Waals surface area (Å²) in [6.45, 7) is 0. The van der Waals surface area contributed by atoms with Crippen molar-refractivity contribution in [1.82, 2.24) is 9.97 Å². The zero-order valence-corrected chi connectivity index (χ0v) is 11.3. The van der Waals surface area contributed by atoms with Gasteiger partial charge in [-0.2, -0.15) is 0 Å². The number of nitrogens with one attached hydrogen (secondary N) is 1. The molecule has 0 atom stereocenters. The highest BCUT2D eigenvalue weighted by Crippen LogP contribution is 2.27. The van der Waals surface area contributed by atoms with Crippen molar-refractivity contribution in [3.05, 3.63) is 40.6 Å². The number of nitrogens with zero attached hydrogens (tertiary/aromatic N) is 2. The number of rotatable bonds is 3. The van der Waals surface area contributed by atoms with Crippen LogP contribution in [0.4, 0.5) is 11.4 Å². The smallest absolute Gasteiger partial charge is 0.187 e. The molecule has 0 aliphatic heterocycles. The van der Waals surface area contributed by atoms with Gasteiger partial charge in [0.15, 0.2) is 5.16 Å². The summed E-state index contributed by atoms with van der Waals surface area (Å²) in [4.78, 5) is 8.32. The maximum Gasteiger partial charge on any atom is 0.187 e. The average Bonchev–Trinajstić information content (AvgIpc) is 2.34. The van der Waals surface area contributed by atoms with Crippen LogP contribution in [0, 0.1) is 0 Å². The van der Waals surface area contributed by atoms with Crippen LogP contribution in [0.15, 0.2) is 35.7 Å². The molecule has 1 aromatic heterocycles. The van der Waals surface area contributed by atoms with Gasteiger partial charge in [0.05, 0.1) is 28.8 Å². The largest absolute Gasteiger partial charge is 0.352 e. The van der Waals surface area contributed by atoms with Gasteiger partial charge in [-0.15, -0.1) is 0 Å². The fourth-order valence-corrected chi connectivity index (χ4v) is 2.00. The first-order valence-corrected chi connectivity index (χ1v) is 6.75. The fraction of sp³-hybridized carbons (Fsp3) is 0.0909. The Labute approximate surface area is 114 Å². The third-order valence-electron chi connectivity index (χ3n) is 2.02. The molecule has 0 amide bonds. The monoisotopic (exact) mass is 285 g/mol. The van der Waals surface area contributed by atoms with Gasteiger partial charge in [-0.05, 0) is 24.5 Å². The average molecular weight is 286 g/mol. The Morgan fingerprint density at radius 1 is 1.18 bits per heavy atom. The van der Waals surface area contributed by atoms with E-state index in [1.807, 2.05) is 12.3 Å². The molecule has 6 heteroatoms. The molecule has 0 fully saturated rings. The first-order chi connectivity index (χ1) is 8.19. The van der Waals surface area contributed by atoms with Crippen LogP contribution in [-0.2, 0) is 0 Å². The second-order valence-electron chi connectivity index (χ2n) is 3.21. The van der Waals surface area contributed by atoms with Crippen molar-refractivity contribution in [3.8, 4) is 0 Å². The summed E-state index contributed by atoms with van der Waals surface area (Å²) in [5.74, 6) is 0. The lowest BCUT2D eigenvalue weighted by Gasteiger charge is -2.08. The number of hydrogen-bond acceptors (Lipinski definition) is 4. The maximum atomic E-state index is 6.05. The SMILES string of the molecule is CSc1ncc(Nc2ccc(Cl)cc2Cl)cn1. The summed E-state index contributed by atoms with van der Waals surface area (Å²) >= 11 is 13.4. The van der Waals surface area contributed by atoms with Crippen molar-refractivity contribution < 1.29 is 0 Å². The lowest BCUT2D eigenvalue weighted by Crippen LogP contribution is -1.94. The van der Waals surface area contributed by atoms with Gasteiger partial charge in [-0.25, -0.2) is 9.97 Å². The number of aromatic nitrogens is 2. The van der Waals surface area contributed by atoms with Gasteiger partial charge < -0.3 is 5.32 Å². The highest BCUT2D eigenvalue weighted by Gasteiger charge is 2.02. The summed E-state index contributed by atoms with van der Waals surface area (Å²) in [5, 5.41) is 5.03. The molecule has 0 bridgehead atoms. The molecule has 0 saturated carbocycles. The molecule has 0 spiro atoms. The van der Waals surface area contributed by atoms with Crippen LogP contribution < -0.4 is 5.32 Å². The Morgan fingerprint density at radius 2 is 1.88 bits per heavy atom. The molecule has 2 rings (SSSR count). The number of anilines is 2. The minimum Gasteiger partial charge on any atom is -0.352 e. The van der Waals surface area contributed by atoms with Crippen molar-refractivity contribution in [1.29, 1.82) is 0 Å². The second-order valence-corrected chi connectivity index (χ2v) is 4.82. The van der Waals surface area contributed by atoms with E-state index in [-0.39, 0.29) is 0 Å². The van der Waals surface area contributed by atoms with E-state index in [1.54, 1.807) is 24.5 Å². The first-order valence-electron chi connectivity index (χ1n) is 4.77. The van der Waals surface area contributed by atoms with Crippen LogP contribution in [0.5, 0.6) is 0 Å². The molecular weight excluding hydrogens is 277 g/mol. The molecule has 1 N–H and O–H groups in total. The van der Waals surface area contributed by atoms with E-state index in [0.717, 1.165) is 16.5 Å². The van der Waals surface area contributed by atoms with Crippen LogP contribution in [-0.4, -0.2) is 16.2 Å². The predicted octanol–water partition coefficient (Wildman–Crippen LogP) is 4.25. The van der Waals surface area contributed by atoms with Crippen molar-refractivity contribution in [3.63, 3.8) is 0 Å². The van der Waals surface area contributed by atoms with Gasteiger partial charge >= 0.3 is 0 Å². The molecule has 88 valence electrons. The third kappa shape index (κ3) is 3.25. The van der Waals surface area contributed by atoms with Crippen LogP contribution >= 0.6 is 35.0 Å². The van der Waals surface area contributed by atoms with Crippen LogP contribution in [0.1, 0.15) is 0 Å². The summed E-state index contributed by atoms with van der Waals surface area (Å²) in [6, 6.07) is 5.27. The number of thioether (sulfide) groups is 1. The Hall–Kier alpha value is -0.970. The predicted molar refractivity (Wildman–Crippen MR) is 73.6 cm³/mol. The Morgan fingerprint density at radius 3 is 2.47 bits per heavy atom. The summed E-state index contributed by atoms with van der Waals surface area (Å²) < 4.78 is 0. The molecule has 0 radical (unpaired) electrons. The van der Waals surface area contributed by atoms with E-state index in [0.29, 0.717) is 10.0 Å². The molecular formula is C11H9Cl2N3S. The lowest BCUT2D eigenvalue weighted by atomic mass is 10.3. The van der Waals surface area contributed by atoms with E-state index in [1.165, 1.54) is 11.8 Å². The summed E-state index contributed by atoms with van der Waals surface area (Å²) in [6.07, 6.45) is 5.35. The molecule has 3 nitrogen and oxygen atoms in total. The molecule has 2 aromatic rings. The van der Waals surface area contributed by atoms with Gasteiger partial charge in [0.2, 0.25) is 0 Å². The highest BCUT2D eigenvalue weighted by atomic mass is 35.5. The van der Waals surface area contributed by atoms with Crippen molar-refractivity contribution >= 4 is 46.3 Å². The van der Waals surface area contributed by atoms with Crippen LogP contribution in [0.3, 0.4) is 0 Å². The van der Waals surface area contributed by atoms with Crippen molar-refractivity contribution in [2.45, 2.75) is 5.16 Å². The van der Waals surface area contributed by atoms with E-state index in [4.69, 9.17) is 23.2 Å². The molecule has 17 heavy (non-hydrogen) atoms. The van der Waals surface area contributed by atoms with Gasteiger partial charge in [0, 0.05) is 5.02 Å². The first kappa shape index (κ1) is 12.5. The standard InChI is InChI=1S/C11H9Cl2N3S/c1-17-11-14-5-8(6-15-11)16-10-3-2-7(12)4-9(10)13/h2-6,16H,1H3. The molecule has 1 heterocycles. The Kier molecular flexibility index (Phi) is 4.10. The van der Waals surface area contributed by atoms with E-state index < -0.39 is 0 Å². The zero-order valence-electron chi connectivity index (χ0n) is 8.95. The van der Waals surface area contributed by atoms with Gasteiger partial charge in [0.25, 0.3) is 0 Å².